The summed E-state index contributed by atoms with van der Waals surface area (Å²) in [6.45, 7) is 0. The van der Waals surface area contributed by atoms with E-state index in [1.807, 2.05) is 49.6 Å². The topological polar surface area (TPSA) is 90.2 Å². The van der Waals surface area contributed by atoms with Gasteiger partial charge in [0.15, 0.2) is 0 Å². The Balaban J connectivity index is 0.000000107. The smallest absolute Gasteiger partial charge is 0.0728 e. The van der Waals surface area contributed by atoms with Crippen LogP contribution >= 0.6 is 0 Å². The van der Waals surface area contributed by atoms with Crippen LogP contribution in [0.1, 0.15) is 0 Å². The van der Waals surface area contributed by atoms with Crippen LogP contribution in [0.3, 0.4) is 0 Å². The van der Waals surface area contributed by atoms with Gasteiger partial charge < -0.3 is 0 Å². The highest BCUT2D eigenvalue weighted by atomic mass is 14.7. The molecule has 0 spiro atoms. The van der Waals surface area contributed by atoms with Gasteiger partial charge in [0.1, 0.15) is 0 Å². The van der Waals surface area contributed by atoms with Crippen LogP contribution in [0.15, 0.2) is 456 Å². The van der Waals surface area contributed by atoms with E-state index in [1.165, 1.54) is 124 Å². The van der Waals surface area contributed by atoms with Crippen molar-refractivity contribution in [1.29, 1.82) is 0 Å². The number of benzene rings is 19. The van der Waals surface area contributed by atoms with E-state index in [9.17, 15) is 0 Å². The standard InChI is InChI=1S/2C42H26N2.C37H23N3/c1-5-13-35-29(9-1)22-30-10-2-6-14-36(30)41(35)39-24-34(27-17-18-33-26-43-20-19-28(33)21-27)25-40(44-39)42-37-15-7-3-11-31(37)23-32-12-4-8-16-38(32)42;1-3-7-29-20-38-22-35(12-9-31(38)17-27(29)5-1)41-24-40(33-11-14-37-26-43-16-15-34(37)19-33)25-42(44-41)36-13-10-32-18-28-6-2-4-8-30(28)21-39(32)23-36;1-2-4-25-18-34-19-27(6-5-26(34)15-24(25)3-1)35-20-36(30-7-9-32-22-38-13-11-28(32)16-30)40-37(21-35)31-8-10-33-23-39-14-12-29(33)17-31/h2*1-26H;1-23H. The quantitative estimate of drug-likeness (QED) is 0.133. The Hall–Kier alpha value is -17.1. The summed E-state index contributed by atoms with van der Waals surface area (Å²) in [5.74, 6) is 0. The molecule has 0 saturated heterocycles. The highest BCUT2D eigenvalue weighted by molar-refractivity contribution is 6.16. The number of pyridine rings is 7. The van der Waals surface area contributed by atoms with Gasteiger partial charge in [-0.3, -0.25) is 19.9 Å². The van der Waals surface area contributed by atoms with Crippen LogP contribution in [0.2, 0.25) is 0 Å². The minimum Gasteiger partial charge on any atom is -0.264 e. The SMILES string of the molecule is c1ccc2c(-c3cc(-c4ccc5cnccc5c4)cc(-c4c5ccccc5cc5ccccc45)n3)c3ccccc3cc2c1.c1ccc2cc3cc(-c4cc(-c5ccc6cnccc6c5)cc(-c5ccc6cc7ccccc7cc6c5)n4)ccc3cc2c1.c1ccc2cc3cc(-c4cc(-c5ccc6cnccc6c5)nc(-c5ccc6cnccc6c5)c4)ccc3cc2c1. The molecule has 0 fully saturated rings. The highest BCUT2D eigenvalue weighted by Gasteiger charge is 2.21. The molecule has 26 rings (SSSR count). The lowest BCUT2D eigenvalue weighted by Crippen LogP contribution is -1.95. The first-order valence-corrected chi connectivity index (χ1v) is 43.3. The van der Waals surface area contributed by atoms with Crippen molar-refractivity contribution >= 4 is 151 Å². The summed E-state index contributed by atoms with van der Waals surface area (Å²) >= 11 is 0. The Morgan fingerprint density at radius 3 is 0.594 bits per heavy atom. The molecular formula is C121H75N7. The summed E-state index contributed by atoms with van der Waals surface area (Å²) in [4.78, 5) is 33.2. The number of nitrogens with zero attached hydrogens (tertiary/aromatic N) is 7. The maximum atomic E-state index is 5.55. The Morgan fingerprint density at radius 2 is 0.305 bits per heavy atom. The fourth-order valence-electron chi connectivity index (χ4n) is 18.8. The molecule has 7 aromatic heterocycles. The van der Waals surface area contributed by atoms with Crippen molar-refractivity contribution in [1.82, 2.24) is 34.9 Å². The van der Waals surface area contributed by atoms with Crippen molar-refractivity contribution < 1.29 is 0 Å². The fraction of sp³-hybridized carbons (Fsp3) is 0. The van der Waals surface area contributed by atoms with Gasteiger partial charge in [0.25, 0.3) is 0 Å². The lowest BCUT2D eigenvalue weighted by Gasteiger charge is -2.17. The third-order valence-corrected chi connectivity index (χ3v) is 25.4. The molecule has 594 valence electrons. The second kappa shape index (κ2) is 31.6. The predicted molar refractivity (Wildman–Crippen MR) is 538 cm³/mol. The van der Waals surface area contributed by atoms with Crippen LogP contribution in [-0.2, 0) is 0 Å². The van der Waals surface area contributed by atoms with Gasteiger partial charge in [-0.15, -0.1) is 0 Å². The van der Waals surface area contributed by atoms with E-state index in [2.05, 4.69) is 426 Å². The number of hydrogen-bond donors (Lipinski definition) is 0. The molecule has 0 saturated carbocycles. The minimum atomic E-state index is 0.944. The van der Waals surface area contributed by atoms with E-state index in [0.29, 0.717) is 0 Å². The molecule has 0 N–H and O–H groups in total. The van der Waals surface area contributed by atoms with Gasteiger partial charge in [-0.25, -0.2) is 15.0 Å². The molecule has 0 amide bonds. The first-order chi connectivity index (χ1) is 63.3. The second-order valence-corrected chi connectivity index (χ2v) is 33.3. The molecule has 0 bridgehead atoms. The molecular weight excluding hydrogens is 1550 g/mol. The lowest BCUT2D eigenvalue weighted by atomic mass is 9.90. The highest BCUT2D eigenvalue weighted by Crippen LogP contribution is 2.45. The zero-order chi connectivity index (χ0) is 84.5. The molecule has 0 unspecified atom stereocenters. The van der Waals surface area contributed by atoms with Crippen molar-refractivity contribution in [3.63, 3.8) is 0 Å². The Bertz CT molecular complexity index is 8530. The van der Waals surface area contributed by atoms with E-state index in [4.69, 9.17) is 15.0 Å². The average Bonchev–Trinajstić information content (AvgIpc) is 0.738. The van der Waals surface area contributed by atoms with E-state index in [-0.39, 0.29) is 0 Å². The molecule has 0 aliphatic rings. The summed E-state index contributed by atoms with van der Waals surface area (Å²) in [6, 6.07) is 146. The summed E-state index contributed by atoms with van der Waals surface area (Å²) in [6.07, 6.45) is 15.0. The van der Waals surface area contributed by atoms with Crippen LogP contribution in [0, 0.1) is 0 Å². The van der Waals surface area contributed by atoms with Crippen molar-refractivity contribution in [2.45, 2.75) is 0 Å². The molecule has 0 radical (unpaired) electrons. The number of rotatable bonds is 9. The van der Waals surface area contributed by atoms with Crippen molar-refractivity contribution in [2.75, 3.05) is 0 Å². The molecule has 128 heavy (non-hydrogen) atoms. The molecule has 7 nitrogen and oxygen atoms in total. The molecule has 0 aliphatic carbocycles. The van der Waals surface area contributed by atoms with Crippen LogP contribution in [0.25, 0.3) is 252 Å². The van der Waals surface area contributed by atoms with E-state index >= 15 is 0 Å². The van der Waals surface area contributed by atoms with E-state index in [1.54, 1.807) is 0 Å². The van der Waals surface area contributed by atoms with Crippen LogP contribution < -0.4 is 0 Å². The second-order valence-electron chi connectivity index (χ2n) is 33.3. The molecule has 26 aromatic rings. The Labute approximate surface area is 737 Å². The summed E-state index contributed by atoms with van der Waals surface area (Å²) < 4.78 is 0. The molecule has 19 aromatic carbocycles. The van der Waals surface area contributed by atoms with Crippen LogP contribution in [0.5, 0.6) is 0 Å². The fourth-order valence-corrected chi connectivity index (χ4v) is 18.8. The maximum Gasteiger partial charge on any atom is 0.0728 e. The number of fused-ring (bicyclic) bond motifs is 14. The number of hydrogen-bond acceptors (Lipinski definition) is 7. The van der Waals surface area contributed by atoms with Gasteiger partial charge >= 0.3 is 0 Å². The summed E-state index contributed by atoms with van der Waals surface area (Å²) in [5.41, 5.74) is 19.3. The molecule has 7 heterocycles. The molecule has 0 aliphatic heterocycles. The first-order valence-electron chi connectivity index (χ1n) is 43.3. The third kappa shape index (κ3) is 14.2. The van der Waals surface area contributed by atoms with Crippen molar-refractivity contribution in [2.24, 2.45) is 0 Å². The first kappa shape index (κ1) is 74.7. The lowest BCUT2D eigenvalue weighted by molar-refractivity contribution is 1.32. The van der Waals surface area contributed by atoms with Gasteiger partial charge in [0.05, 0.1) is 34.2 Å². The predicted octanol–water partition coefficient (Wildman–Crippen LogP) is 32.0. The van der Waals surface area contributed by atoms with Gasteiger partial charge in [-0.1, -0.05) is 255 Å². The molecule has 0 atom stereocenters. The normalized spacial score (nSPS) is 11.6. The van der Waals surface area contributed by atoms with Gasteiger partial charge in [0, 0.05) is 105 Å². The molecule has 7 heteroatoms. The Morgan fingerprint density at radius 1 is 0.117 bits per heavy atom. The largest absolute Gasteiger partial charge is 0.264 e. The number of aromatic nitrogens is 7. The van der Waals surface area contributed by atoms with E-state index in [0.717, 1.165) is 128 Å². The third-order valence-electron chi connectivity index (χ3n) is 25.4. The summed E-state index contributed by atoms with van der Waals surface area (Å²) in [5, 5.41) is 33.7. The monoisotopic (exact) mass is 1630 g/mol. The van der Waals surface area contributed by atoms with Crippen LogP contribution in [-0.4, -0.2) is 34.9 Å². The minimum absolute atomic E-state index is 0.944. The van der Waals surface area contributed by atoms with Gasteiger partial charge in [-0.05, 0) is 314 Å². The zero-order valence-electron chi connectivity index (χ0n) is 69.4. The van der Waals surface area contributed by atoms with Gasteiger partial charge in [0.2, 0.25) is 0 Å². The van der Waals surface area contributed by atoms with Gasteiger partial charge in [-0.2, -0.15) is 0 Å². The summed E-state index contributed by atoms with van der Waals surface area (Å²) in [7, 11) is 0. The Kier molecular flexibility index (Phi) is 18.5. The average molecular weight is 1630 g/mol. The van der Waals surface area contributed by atoms with Crippen molar-refractivity contribution in [3.05, 3.63) is 456 Å². The van der Waals surface area contributed by atoms with Crippen molar-refractivity contribution in [3.8, 4) is 101 Å². The maximum absolute atomic E-state index is 5.55. The van der Waals surface area contributed by atoms with E-state index < -0.39 is 0 Å². The zero-order valence-corrected chi connectivity index (χ0v) is 69.4. The van der Waals surface area contributed by atoms with Crippen LogP contribution in [0.4, 0.5) is 0 Å².